The molecule has 0 bridgehead atoms. The van der Waals surface area contributed by atoms with E-state index in [4.69, 9.17) is 5.73 Å². The molecule has 4 N–H and O–H groups in total. The first-order chi connectivity index (χ1) is 8.22. The summed E-state index contributed by atoms with van der Waals surface area (Å²) in [5.41, 5.74) is 8.23. The van der Waals surface area contributed by atoms with E-state index in [9.17, 15) is 5.11 Å². The van der Waals surface area contributed by atoms with Crippen LogP contribution in [0.15, 0.2) is 30.5 Å². The lowest BCUT2D eigenvalue weighted by atomic mass is 10.1. The number of nitrogens with two attached hydrogens (primary N) is 1. The number of pyridine rings is 1. The Balaban J connectivity index is 2.04. The molecule has 1 aromatic heterocycles. The Labute approximate surface area is 99.5 Å². The highest BCUT2D eigenvalue weighted by molar-refractivity contribution is 5.93. The first-order valence-electron chi connectivity index (χ1n) is 5.76. The number of rotatable bonds is 3. The maximum atomic E-state index is 9.34. The van der Waals surface area contributed by atoms with Crippen molar-refractivity contribution in [1.82, 2.24) is 4.98 Å². The normalized spacial score (nSPS) is 17.0. The van der Waals surface area contributed by atoms with Crippen LogP contribution < -0.4 is 11.1 Å². The zero-order chi connectivity index (χ0) is 11.9. The summed E-state index contributed by atoms with van der Waals surface area (Å²) in [4.78, 5) is 4.30. The van der Waals surface area contributed by atoms with Crippen LogP contribution in [0.1, 0.15) is 12.8 Å². The molecule has 88 valence electrons. The lowest BCUT2D eigenvalue weighted by Crippen LogP contribution is -2.25. The Morgan fingerprint density at radius 2 is 2.18 bits per heavy atom. The standard InChI is InChI=1S/C13H15N3O/c14-9-1-2-10-11(3-6-15-12(10)7-9)16-13(8-17)4-5-13/h1-3,6-7,17H,4-5,8,14H2,(H,15,16). The minimum absolute atomic E-state index is 0.115. The van der Waals surface area contributed by atoms with Crippen LogP contribution in [0.3, 0.4) is 0 Å². The van der Waals surface area contributed by atoms with E-state index in [1.165, 1.54) is 0 Å². The molecule has 1 aromatic carbocycles. The van der Waals surface area contributed by atoms with Gasteiger partial charge in [-0.3, -0.25) is 4.98 Å². The molecule has 0 spiro atoms. The van der Waals surface area contributed by atoms with Crippen molar-refractivity contribution < 1.29 is 5.11 Å². The first kappa shape index (κ1) is 10.4. The van der Waals surface area contributed by atoms with Gasteiger partial charge < -0.3 is 16.2 Å². The van der Waals surface area contributed by atoms with Gasteiger partial charge in [0.25, 0.3) is 0 Å². The number of benzene rings is 1. The van der Waals surface area contributed by atoms with Crippen LogP contribution in [0.5, 0.6) is 0 Å². The Morgan fingerprint density at radius 1 is 1.35 bits per heavy atom. The summed E-state index contributed by atoms with van der Waals surface area (Å²) < 4.78 is 0. The largest absolute Gasteiger partial charge is 0.399 e. The zero-order valence-electron chi connectivity index (χ0n) is 9.48. The van der Waals surface area contributed by atoms with Crippen LogP contribution in [0.4, 0.5) is 11.4 Å². The number of nitrogens with one attached hydrogen (secondary N) is 1. The fraction of sp³-hybridized carbons (Fsp3) is 0.308. The summed E-state index contributed by atoms with van der Waals surface area (Å²) in [6.45, 7) is 0.172. The van der Waals surface area contributed by atoms with Crippen LogP contribution >= 0.6 is 0 Å². The molecule has 0 atom stereocenters. The number of aliphatic hydroxyl groups excluding tert-OH is 1. The van der Waals surface area contributed by atoms with Gasteiger partial charge in [-0.25, -0.2) is 0 Å². The highest BCUT2D eigenvalue weighted by atomic mass is 16.3. The van der Waals surface area contributed by atoms with Gasteiger partial charge in [-0.2, -0.15) is 0 Å². The summed E-state index contributed by atoms with van der Waals surface area (Å²) in [5.74, 6) is 0. The summed E-state index contributed by atoms with van der Waals surface area (Å²) in [6.07, 6.45) is 3.79. The van der Waals surface area contributed by atoms with Gasteiger partial charge in [0.2, 0.25) is 0 Å². The third-order valence-corrected chi connectivity index (χ3v) is 3.32. The zero-order valence-corrected chi connectivity index (χ0v) is 9.48. The number of hydrogen-bond donors (Lipinski definition) is 3. The molecular weight excluding hydrogens is 214 g/mol. The minimum Gasteiger partial charge on any atom is -0.399 e. The molecule has 2 aromatic rings. The summed E-state index contributed by atoms with van der Waals surface area (Å²) in [7, 11) is 0. The average molecular weight is 229 g/mol. The smallest absolute Gasteiger partial charge is 0.0743 e. The Bertz CT molecular complexity index is 564. The predicted octanol–water partition coefficient (Wildman–Crippen LogP) is 1.75. The van der Waals surface area contributed by atoms with E-state index in [0.717, 1.165) is 29.4 Å². The second kappa shape index (κ2) is 3.60. The van der Waals surface area contributed by atoms with E-state index >= 15 is 0 Å². The van der Waals surface area contributed by atoms with Crippen molar-refractivity contribution in [1.29, 1.82) is 0 Å². The van der Waals surface area contributed by atoms with Crippen molar-refractivity contribution in [2.75, 3.05) is 17.7 Å². The van der Waals surface area contributed by atoms with Gasteiger partial charge in [0.05, 0.1) is 17.7 Å². The predicted molar refractivity (Wildman–Crippen MR) is 68.8 cm³/mol. The number of nitrogen functional groups attached to an aromatic ring is 1. The van der Waals surface area contributed by atoms with Crippen LogP contribution in [0, 0.1) is 0 Å². The fourth-order valence-electron chi connectivity index (χ4n) is 2.03. The number of anilines is 2. The molecule has 0 aliphatic heterocycles. The molecule has 1 aliphatic rings. The summed E-state index contributed by atoms with van der Waals surface area (Å²) in [6, 6.07) is 7.63. The number of aromatic nitrogens is 1. The molecular formula is C13H15N3O. The Kier molecular flexibility index (Phi) is 2.19. The molecule has 0 unspecified atom stereocenters. The van der Waals surface area contributed by atoms with Crippen molar-refractivity contribution in [2.45, 2.75) is 18.4 Å². The van der Waals surface area contributed by atoms with Gasteiger partial charge in [-0.1, -0.05) is 0 Å². The van der Waals surface area contributed by atoms with Crippen LogP contribution in [-0.2, 0) is 0 Å². The summed E-state index contributed by atoms with van der Waals surface area (Å²) >= 11 is 0. The molecule has 1 saturated carbocycles. The molecule has 3 rings (SSSR count). The van der Waals surface area contributed by atoms with Crippen molar-refractivity contribution in [3.05, 3.63) is 30.5 Å². The highest BCUT2D eigenvalue weighted by Crippen LogP contribution is 2.39. The third-order valence-electron chi connectivity index (χ3n) is 3.32. The van der Waals surface area contributed by atoms with E-state index < -0.39 is 0 Å². The van der Waals surface area contributed by atoms with Gasteiger partial charge in [0, 0.05) is 23.0 Å². The molecule has 1 aliphatic carbocycles. The van der Waals surface area contributed by atoms with Gasteiger partial charge in [-0.15, -0.1) is 0 Å². The highest BCUT2D eigenvalue weighted by Gasteiger charge is 2.42. The second-order valence-electron chi connectivity index (χ2n) is 4.70. The molecule has 4 nitrogen and oxygen atoms in total. The lowest BCUT2D eigenvalue weighted by Gasteiger charge is -2.17. The molecule has 4 heteroatoms. The fourth-order valence-corrected chi connectivity index (χ4v) is 2.03. The van der Waals surface area contributed by atoms with Gasteiger partial charge in [-0.05, 0) is 37.1 Å². The maximum absolute atomic E-state index is 9.34. The topological polar surface area (TPSA) is 71.2 Å². The van der Waals surface area contributed by atoms with Crippen LogP contribution in [0.25, 0.3) is 10.9 Å². The van der Waals surface area contributed by atoms with Gasteiger partial charge >= 0.3 is 0 Å². The lowest BCUT2D eigenvalue weighted by molar-refractivity contribution is 0.266. The van der Waals surface area contributed by atoms with E-state index in [0.29, 0.717) is 5.69 Å². The Morgan fingerprint density at radius 3 is 2.88 bits per heavy atom. The van der Waals surface area contributed by atoms with E-state index in [1.807, 2.05) is 24.3 Å². The maximum Gasteiger partial charge on any atom is 0.0743 e. The van der Waals surface area contributed by atoms with E-state index in [-0.39, 0.29) is 12.1 Å². The quantitative estimate of drug-likeness (QED) is 0.701. The number of hydrogen-bond acceptors (Lipinski definition) is 4. The SMILES string of the molecule is Nc1ccc2c(NC3(CO)CC3)ccnc2c1. The minimum atomic E-state index is -0.115. The van der Waals surface area contributed by atoms with Crippen LogP contribution in [0.2, 0.25) is 0 Å². The molecule has 0 radical (unpaired) electrons. The number of fused-ring (bicyclic) bond motifs is 1. The van der Waals surface area contributed by atoms with Crippen LogP contribution in [-0.4, -0.2) is 22.2 Å². The molecule has 17 heavy (non-hydrogen) atoms. The van der Waals surface area contributed by atoms with Crippen molar-refractivity contribution in [3.8, 4) is 0 Å². The van der Waals surface area contributed by atoms with Crippen molar-refractivity contribution in [2.24, 2.45) is 0 Å². The van der Waals surface area contributed by atoms with E-state index in [2.05, 4.69) is 10.3 Å². The second-order valence-corrected chi connectivity index (χ2v) is 4.70. The monoisotopic (exact) mass is 229 g/mol. The molecule has 1 heterocycles. The third kappa shape index (κ3) is 1.80. The van der Waals surface area contributed by atoms with Crippen molar-refractivity contribution in [3.63, 3.8) is 0 Å². The average Bonchev–Trinajstić information content (AvgIpc) is 3.09. The number of aliphatic hydroxyl groups is 1. The molecule has 0 amide bonds. The Hall–Kier alpha value is -1.81. The van der Waals surface area contributed by atoms with Crippen molar-refractivity contribution >= 4 is 22.3 Å². The number of nitrogens with zero attached hydrogens (tertiary/aromatic N) is 1. The molecule has 0 saturated heterocycles. The summed E-state index contributed by atoms with van der Waals surface area (Å²) in [5, 5.41) is 13.8. The van der Waals surface area contributed by atoms with E-state index in [1.54, 1.807) is 6.20 Å². The van der Waals surface area contributed by atoms with Gasteiger partial charge in [0.1, 0.15) is 0 Å². The molecule has 1 fully saturated rings. The first-order valence-corrected chi connectivity index (χ1v) is 5.76. The van der Waals surface area contributed by atoms with Gasteiger partial charge in [0.15, 0.2) is 0 Å².